The number of nitrogens with two attached hydrogens (primary N) is 1. The zero-order valence-corrected chi connectivity index (χ0v) is 13.2. The van der Waals surface area contributed by atoms with E-state index in [0.717, 1.165) is 17.5 Å². The first kappa shape index (κ1) is 14.9. The molecule has 0 fully saturated rings. The van der Waals surface area contributed by atoms with Gasteiger partial charge < -0.3 is 15.8 Å². The van der Waals surface area contributed by atoms with Crippen molar-refractivity contribution in [3.63, 3.8) is 0 Å². The van der Waals surface area contributed by atoms with Crippen molar-refractivity contribution in [1.82, 2.24) is 4.98 Å². The number of phenols is 1. The Morgan fingerprint density at radius 2 is 2.05 bits per heavy atom. The SMILES string of the molecule is Cc1ccc2[nH]cc(C(CN)Cc3ccc(O)c(Cl)c3)c2c1. The van der Waals surface area contributed by atoms with Crippen LogP contribution in [-0.2, 0) is 6.42 Å². The van der Waals surface area contributed by atoms with Crippen LogP contribution in [0.3, 0.4) is 0 Å². The summed E-state index contributed by atoms with van der Waals surface area (Å²) in [4.78, 5) is 3.31. The second-order valence-electron chi connectivity index (χ2n) is 5.72. The van der Waals surface area contributed by atoms with Gasteiger partial charge in [0.1, 0.15) is 5.75 Å². The third kappa shape index (κ3) is 2.82. The van der Waals surface area contributed by atoms with Crippen LogP contribution in [0.4, 0.5) is 0 Å². The topological polar surface area (TPSA) is 62.0 Å². The van der Waals surface area contributed by atoms with Gasteiger partial charge in [0, 0.05) is 23.0 Å². The smallest absolute Gasteiger partial charge is 0.134 e. The molecule has 3 rings (SSSR count). The van der Waals surface area contributed by atoms with Gasteiger partial charge >= 0.3 is 0 Å². The van der Waals surface area contributed by atoms with Crippen LogP contribution in [0.5, 0.6) is 5.75 Å². The summed E-state index contributed by atoms with van der Waals surface area (Å²) < 4.78 is 0. The second-order valence-corrected chi connectivity index (χ2v) is 6.12. The third-order valence-corrected chi connectivity index (χ3v) is 4.39. The Kier molecular flexibility index (Phi) is 4.10. The highest BCUT2D eigenvalue weighted by atomic mass is 35.5. The fourth-order valence-electron chi connectivity index (χ4n) is 2.88. The van der Waals surface area contributed by atoms with E-state index in [1.54, 1.807) is 12.1 Å². The van der Waals surface area contributed by atoms with Crippen LogP contribution < -0.4 is 5.73 Å². The van der Waals surface area contributed by atoms with Crippen LogP contribution in [0.15, 0.2) is 42.6 Å². The normalized spacial score (nSPS) is 12.7. The van der Waals surface area contributed by atoms with Crippen molar-refractivity contribution in [2.75, 3.05) is 6.54 Å². The van der Waals surface area contributed by atoms with Gasteiger partial charge in [-0.1, -0.05) is 29.3 Å². The summed E-state index contributed by atoms with van der Waals surface area (Å²) in [6.45, 7) is 2.65. The molecule has 0 saturated heterocycles. The van der Waals surface area contributed by atoms with Gasteiger partial charge in [-0.3, -0.25) is 0 Å². The molecular formula is C18H19ClN2O. The molecule has 2 aromatic carbocycles. The molecular weight excluding hydrogens is 296 g/mol. The monoisotopic (exact) mass is 314 g/mol. The molecule has 0 bridgehead atoms. The van der Waals surface area contributed by atoms with Gasteiger partial charge in [-0.05, 0) is 55.3 Å². The summed E-state index contributed by atoms with van der Waals surface area (Å²) in [6, 6.07) is 11.7. The lowest BCUT2D eigenvalue weighted by Crippen LogP contribution is -2.14. The van der Waals surface area contributed by atoms with Gasteiger partial charge in [-0.15, -0.1) is 0 Å². The highest BCUT2D eigenvalue weighted by Gasteiger charge is 2.16. The molecule has 1 atom stereocenters. The predicted molar refractivity (Wildman–Crippen MR) is 91.7 cm³/mol. The van der Waals surface area contributed by atoms with Gasteiger partial charge in [0.2, 0.25) is 0 Å². The number of H-pyrrole nitrogens is 1. The molecule has 1 unspecified atom stereocenters. The summed E-state index contributed by atoms with van der Waals surface area (Å²) in [6.07, 6.45) is 2.83. The maximum Gasteiger partial charge on any atom is 0.134 e. The molecule has 3 nitrogen and oxygen atoms in total. The van der Waals surface area contributed by atoms with Gasteiger partial charge in [-0.25, -0.2) is 0 Å². The van der Waals surface area contributed by atoms with Gasteiger partial charge in [0.05, 0.1) is 5.02 Å². The van der Waals surface area contributed by atoms with Gasteiger partial charge in [0.15, 0.2) is 0 Å². The van der Waals surface area contributed by atoms with Crippen LogP contribution >= 0.6 is 11.6 Å². The number of aromatic hydroxyl groups is 1. The lowest BCUT2D eigenvalue weighted by Gasteiger charge is -2.15. The molecule has 0 radical (unpaired) electrons. The highest BCUT2D eigenvalue weighted by molar-refractivity contribution is 6.32. The average Bonchev–Trinajstić information content (AvgIpc) is 2.91. The number of halogens is 1. The minimum Gasteiger partial charge on any atom is -0.506 e. The van der Waals surface area contributed by atoms with Crippen molar-refractivity contribution in [1.29, 1.82) is 0 Å². The zero-order valence-electron chi connectivity index (χ0n) is 12.4. The first-order chi connectivity index (χ1) is 10.6. The van der Waals surface area contributed by atoms with E-state index in [1.807, 2.05) is 12.3 Å². The molecule has 3 aromatic rings. The minimum absolute atomic E-state index is 0.109. The Morgan fingerprint density at radius 3 is 2.77 bits per heavy atom. The summed E-state index contributed by atoms with van der Waals surface area (Å²) in [7, 11) is 0. The van der Waals surface area contributed by atoms with Crippen molar-refractivity contribution in [2.24, 2.45) is 5.73 Å². The quantitative estimate of drug-likeness (QED) is 0.678. The summed E-state index contributed by atoms with van der Waals surface area (Å²) in [5, 5.41) is 11.1. The van der Waals surface area contributed by atoms with Crippen LogP contribution in [0.1, 0.15) is 22.6 Å². The van der Waals surface area contributed by atoms with E-state index in [0.29, 0.717) is 11.6 Å². The van der Waals surface area contributed by atoms with E-state index in [9.17, 15) is 5.11 Å². The Balaban J connectivity index is 1.95. The number of hydrogen-bond acceptors (Lipinski definition) is 2. The highest BCUT2D eigenvalue weighted by Crippen LogP contribution is 2.30. The van der Waals surface area contributed by atoms with Gasteiger partial charge in [-0.2, -0.15) is 0 Å². The van der Waals surface area contributed by atoms with Crippen LogP contribution in [-0.4, -0.2) is 16.6 Å². The van der Waals surface area contributed by atoms with E-state index in [-0.39, 0.29) is 11.7 Å². The number of nitrogens with one attached hydrogen (secondary N) is 1. The number of aromatic nitrogens is 1. The van der Waals surface area contributed by atoms with Crippen LogP contribution in [0.2, 0.25) is 5.02 Å². The largest absolute Gasteiger partial charge is 0.506 e. The van der Waals surface area contributed by atoms with Crippen molar-refractivity contribution < 1.29 is 5.11 Å². The first-order valence-corrected chi connectivity index (χ1v) is 7.71. The number of fused-ring (bicyclic) bond motifs is 1. The van der Waals surface area contributed by atoms with Gasteiger partial charge in [0.25, 0.3) is 0 Å². The molecule has 0 spiro atoms. The number of hydrogen-bond donors (Lipinski definition) is 3. The maximum atomic E-state index is 9.53. The Hall–Kier alpha value is -1.97. The molecule has 0 aliphatic carbocycles. The molecule has 114 valence electrons. The number of benzene rings is 2. The van der Waals surface area contributed by atoms with Crippen molar-refractivity contribution >= 4 is 22.5 Å². The standard InChI is InChI=1S/C18H19ClN2O/c1-11-2-4-17-14(6-11)15(10-21-17)13(9-20)7-12-3-5-18(22)16(19)8-12/h2-6,8,10,13,21-22H,7,9,20H2,1H3. The second kappa shape index (κ2) is 6.03. The number of phenolic OH excluding ortho intramolecular Hbond substituents is 1. The fraction of sp³-hybridized carbons (Fsp3) is 0.222. The fourth-order valence-corrected chi connectivity index (χ4v) is 3.08. The van der Waals surface area contributed by atoms with E-state index < -0.39 is 0 Å². The van der Waals surface area contributed by atoms with Crippen molar-refractivity contribution in [2.45, 2.75) is 19.3 Å². The first-order valence-electron chi connectivity index (χ1n) is 7.33. The molecule has 4 heteroatoms. The van der Waals surface area contributed by atoms with Crippen LogP contribution in [0.25, 0.3) is 10.9 Å². The Bertz CT molecular complexity index is 810. The molecule has 22 heavy (non-hydrogen) atoms. The lowest BCUT2D eigenvalue weighted by molar-refractivity contribution is 0.475. The summed E-state index contributed by atoms with van der Waals surface area (Å²) in [5.74, 6) is 0.314. The Morgan fingerprint density at radius 1 is 1.23 bits per heavy atom. The molecule has 0 amide bonds. The maximum absolute atomic E-state index is 9.53. The number of aryl methyl sites for hydroxylation is 1. The lowest BCUT2D eigenvalue weighted by atomic mass is 9.91. The molecule has 4 N–H and O–H groups in total. The van der Waals surface area contributed by atoms with E-state index in [4.69, 9.17) is 17.3 Å². The summed E-state index contributed by atoms with van der Waals surface area (Å²) in [5.41, 5.74) is 10.7. The van der Waals surface area contributed by atoms with Crippen LogP contribution in [0, 0.1) is 6.92 Å². The minimum atomic E-state index is 0.109. The van der Waals surface area contributed by atoms with E-state index >= 15 is 0 Å². The van der Waals surface area contributed by atoms with Crippen molar-refractivity contribution in [3.8, 4) is 5.75 Å². The third-order valence-electron chi connectivity index (χ3n) is 4.09. The van der Waals surface area contributed by atoms with E-state index in [1.165, 1.54) is 16.5 Å². The zero-order chi connectivity index (χ0) is 15.7. The molecule has 0 saturated carbocycles. The Labute approximate surface area is 134 Å². The summed E-state index contributed by atoms with van der Waals surface area (Å²) >= 11 is 5.99. The van der Waals surface area contributed by atoms with E-state index in [2.05, 4.69) is 30.1 Å². The molecule has 0 aliphatic heterocycles. The molecule has 0 aliphatic rings. The number of rotatable bonds is 4. The predicted octanol–water partition coefficient (Wildman–Crippen LogP) is 4.12. The molecule has 1 heterocycles. The average molecular weight is 315 g/mol. The number of aromatic amines is 1. The van der Waals surface area contributed by atoms with Crippen molar-refractivity contribution in [3.05, 3.63) is 64.3 Å². The molecule has 1 aromatic heterocycles.